The lowest BCUT2D eigenvalue weighted by atomic mass is 10.2. The summed E-state index contributed by atoms with van der Waals surface area (Å²) < 4.78 is 22.4. The first kappa shape index (κ1) is 13.2. The van der Waals surface area contributed by atoms with Gasteiger partial charge in [-0.2, -0.15) is 5.26 Å². The highest BCUT2D eigenvalue weighted by Gasteiger charge is 2.12. The fourth-order valence-corrected chi connectivity index (χ4v) is 1.87. The molecule has 0 radical (unpaired) electrons. The highest BCUT2D eigenvalue weighted by atomic mass is 32.2. The zero-order chi connectivity index (χ0) is 13.1. The summed E-state index contributed by atoms with van der Waals surface area (Å²) in [5.74, 6) is -0.313. The standard InChI is InChI=1S/C11H12N2O3S/c1-13(8-7-12)11(14)9-3-5-10(6-4-9)17(2,15)16/h3-6H,8H2,1-2H3. The molecule has 0 aromatic heterocycles. The Morgan fingerprint density at radius 1 is 1.35 bits per heavy atom. The lowest BCUT2D eigenvalue weighted by Crippen LogP contribution is -2.26. The number of sulfone groups is 1. The van der Waals surface area contributed by atoms with Gasteiger partial charge in [-0.3, -0.25) is 4.79 Å². The predicted octanol–water partition coefficient (Wildman–Crippen LogP) is 0.686. The van der Waals surface area contributed by atoms with Crippen molar-refractivity contribution in [3.8, 4) is 6.07 Å². The van der Waals surface area contributed by atoms with E-state index in [-0.39, 0.29) is 17.3 Å². The number of hydrogen-bond donors (Lipinski definition) is 0. The van der Waals surface area contributed by atoms with E-state index in [0.29, 0.717) is 5.56 Å². The van der Waals surface area contributed by atoms with Crippen LogP contribution in [0.3, 0.4) is 0 Å². The van der Waals surface area contributed by atoms with Gasteiger partial charge in [-0.05, 0) is 24.3 Å². The molecule has 0 aliphatic carbocycles. The van der Waals surface area contributed by atoms with Gasteiger partial charge in [0.15, 0.2) is 9.84 Å². The Morgan fingerprint density at radius 2 is 1.88 bits per heavy atom. The van der Waals surface area contributed by atoms with Crippen molar-refractivity contribution in [1.29, 1.82) is 5.26 Å². The van der Waals surface area contributed by atoms with Crippen LogP contribution in [-0.2, 0) is 9.84 Å². The number of rotatable bonds is 3. The van der Waals surface area contributed by atoms with E-state index < -0.39 is 9.84 Å². The molecule has 1 aromatic rings. The van der Waals surface area contributed by atoms with Gasteiger partial charge in [0.1, 0.15) is 6.54 Å². The van der Waals surface area contributed by atoms with E-state index in [2.05, 4.69) is 0 Å². The molecule has 0 unspecified atom stereocenters. The summed E-state index contributed by atoms with van der Waals surface area (Å²) in [4.78, 5) is 13.1. The number of carbonyl (C=O) groups excluding carboxylic acids is 1. The van der Waals surface area contributed by atoms with Crippen LogP contribution in [0.5, 0.6) is 0 Å². The number of hydrogen-bond acceptors (Lipinski definition) is 4. The Balaban J connectivity index is 2.97. The van der Waals surface area contributed by atoms with E-state index in [1.54, 1.807) is 0 Å². The van der Waals surface area contributed by atoms with Crippen LogP contribution >= 0.6 is 0 Å². The minimum absolute atomic E-state index is 0.00728. The van der Waals surface area contributed by atoms with Crippen molar-refractivity contribution < 1.29 is 13.2 Å². The van der Waals surface area contributed by atoms with Gasteiger partial charge in [0.25, 0.3) is 5.91 Å². The van der Waals surface area contributed by atoms with Crippen molar-refractivity contribution in [2.45, 2.75) is 4.90 Å². The van der Waals surface area contributed by atoms with Gasteiger partial charge < -0.3 is 4.90 Å². The molecule has 6 heteroatoms. The monoisotopic (exact) mass is 252 g/mol. The van der Waals surface area contributed by atoms with E-state index in [1.165, 1.54) is 36.2 Å². The molecule has 0 saturated carbocycles. The fraction of sp³-hybridized carbons (Fsp3) is 0.273. The van der Waals surface area contributed by atoms with Crippen molar-refractivity contribution in [2.75, 3.05) is 19.8 Å². The van der Waals surface area contributed by atoms with Gasteiger partial charge >= 0.3 is 0 Å². The van der Waals surface area contributed by atoms with Crippen molar-refractivity contribution in [1.82, 2.24) is 4.90 Å². The summed E-state index contributed by atoms with van der Waals surface area (Å²) in [7, 11) is -1.74. The van der Waals surface area contributed by atoms with E-state index >= 15 is 0 Å². The Labute approximate surface area is 100 Å². The van der Waals surface area contributed by atoms with Crippen LogP contribution in [0.15, 0.2) is 29.2 Å². The summed E-state index contributed by atoms with van der Waals surface area (Å²) in [6.07, 6.45) is 1.10. The van der Waals surface area contributed by atoms with Gasteiger partial charge in [-0.15, -0.1) is 0 Å². The molecule has 0 saturated heterocycles. The van der Waals surface area contributed by atoms with Gasteiger partial charge in [0.05, 0.1) is 11.0 Å². The van der Waals surface area contributed by atoms with Gasteiger partial charge in [0.2, 0.25) is 0 Å². The van der Waals surface area contributed by atoms with Crippen LogP contribution in [0.2, 0.25) is 0 Å². The van der Waals surface area contributed by atoms with Gasteiger partial charge in [-0.1, -0.05) is 0 Å². The maximum Gasteiger partial charge on any atom is 0.254 e. The lowest BCUT2D eigenvalue weighted by Gasteiger charge is -2.12. The predicted molar refractivity (Wildman–Crippen MR) is 62.1 cm³/mol. The maximum atomic E-state index is 11.7. The molecule has 0 fully saturated rings. The van der Waals surface area contributed by atoms with E-state index in [4.69, 9.17) is 5.26 Å². The van der Waals surface area contributed by atoms with E-state index in [0.717, 1.165) is 6.26 Å². The first-order valence-electron chi connectivity index (χ1n) is 4.79. The average molecular weight is 252 g/mol. The maximum absolute atomic E-state index is 11.7. The second-order valence-electron chi connectivity index (χ2n) is 3.62. The van der Waals surface area contributed by atoms with Crippen LogP contribution in [0.25, 0.3) is 0 Å². The molecule has 0 aliphatic rings. The minimum atomic E-state index is -3.25. The number of carbonyl (C=O) groups is 1. The Kier molecular flexibility index (Phi) is 3.86. The Hall–Kier alpha value is -1.87. The molecule has 17 heavy (non-hydrogen) atoms. The van der Waals surface area contributed by atoms with Crippen LogP contribution < -0.4 is 0 Å². The number of benzene rings is 1. The van der Waals surface area contributed by atoms with Crippen molar-refractivity contribution in [3.05, 3.63) is 29.8 Å². The average Bonchev–Trinajstić information content (AvgIpc) is 2.27. The molecule has 0 aliphatic heterocycles. The summed E-state index contributed by atoms with van der Waals surface area (Å²) in [5.41, 5.74) is 0.357. The third-order valence-corrected chi connectivity index (χ3v) is 3.31. The minimum Gasteiger partial charge on any atom is -0.328 e. The topological polar surface area (TPSA) is 78.2 Å². The lowest BCUT2D eigenvalue weighted by molar-refractivity contribution is 0.0812. The molecule has 90 valence electrons. The van der Waals surface area contributed by atoms with Crippen molar-refractivity contribution in [3.63, 3.8) is 0 Å². The van der Waals surface area contributed by atoms with Crippen LogP contribution in [-0.4, -0.2) is 39.1 Å². The molecule has 1 rings (SSSR count). The first-order valence-corrected chi connectivity index (χ1v) is 6.68. The van der Waals surface area contributed by atoms with Gasteiger partial charge in [-0.25, -0.2) is 8.42 Å². The molecule has 0 N–H and O–H groups in total. The quantitative estimate of drug-likeness (QED) is 0.741. The van der Waals surface area contributed by atoms with Gasteiger partial charge in [0, 0.05) is 18.9 Å². The van der Waals surface area contributed by atoms with Crippen LogP contribution in [0.1, 0.15) is 10.4 Å². The Morgan fingerprint density at radius 3 is 2.29 bits per heavy atom. The highest BCUT2D eigenvalue weighted by molar-refractivity contribution is 7.90. The highest BCUT2D eigenvalue weighted by Crippen LogP contribution is 2.11. The number of nitrogens with zero attached hydrogens (tertiary/aromatic N) is 2. The molecule has 0 atom stereocenters. The smallest absolute Gasteiger partial charge is 0.254 e. The summed E-state index contributed by atoms with van der Waals surface area (Å²) in [6, 6.07) is 7.49. The molecular weight excluding hydrogens is 240 g/mol. The number of nitriles is 1. The summed E-state index contributed by atoms with van der Waals surface area (Å²) in [6.45, 7) is -0.00728. The first-order chi connectivity index (χ1) is 7.86. The summed E-state index contributed by atoms with van der Waals surface area (Å²) >= 11 is 0. The molecule has 1 amide bonds. The van der Waals surface area contributed by atoms with Crippen LogP contribution in [0, 0.1) is 11.3 Å². The largest absolute Gasteiger partial charge is 0.328 e. The zero-order valence-corrected chi connectivity index (χ0v) is 10.4. The number of amides is 1. The third-order valence-electron chi connectivity index (χ3n) is 2.18. The normalized spacial score (nSPS) is 10.6. The molecule has 0 heterocycles. The second-order valence-corrected chi connectivity index (χ2v) is 5.63. The third kappa shape index (κ3) is 3.29. The van der Waals surface area contributed by atoms with Crippen LogP contribution in [0.4, 0.5) is 0 Å². The zero-order valence-electron chi connectivity index (χ0n) is 9.54. The second kappa shape index (κ2) is 4.97. The molecule has 0 spiro atoms. The molecular formula is C11H12N2O3S. The SMILES string of the molecule is CN(CC#N)C(=O)c1ccc(S(C)(=O)=O)cc1. The van der Waals surface area contributed by atoms with Crippen molar-refractivity contribution >= 4 is 15.7 Å². The van der Waals surface area contributed by atoms with E-state index in [9.17, 15) is 13.2 Å². The van der Waals surface area contributed by atoms with Crippen molar-refractivity contribution in [2.24, 2.45) is 0 Å². The Bertz CT molecular complexity index is 555. The summed E-state index contributed by atoms with van der Waals surface area (Å²) in [5, 5.41) is 8.46. The van der Waals surface area contributed by atoms with E-state index in [1.807, 2.05) is 6.07 Å². The molecule has 5 nitrogen and oxygen atoms in total. The fourth-order valence-electron chi connectivity index (χ4n) is 1.24. The molecule has 1 aromatic carbocycles. The molecule has 0 bridgehead atoms.